The molecule has 1 amide bonds. The maximum Gasteiger partial charge on any atom is 0.289 e. The minimum Gasteiger partial charge on any atom is -0.497 e. The second kappa shape index (κ2) is 9.84. The van der Waals surface area contributed by atoms with Gasteiger partial charge < -0.3 is 10.1 Å². The summed E-state index contributed by atoms with van der Waals surface area (Å²) >= 11 is 5.80. The Labute approximate surface area is 193 Å². The van der Waals surface area contributed by atoms with E-state index in [0.29, 0.717) is 5.75 Å². The number of sulfonamides is 1. The highest BCUT2D eigenvalue weighted by atomic mass is 35.5. The Kier molecular flexibility index (Phi) is 7.14. The number of methoxy groups -OCH3 is 1. The molecule has 0 spiro atoms. The number of nitro benzene ring substituents is 1. The van der Waals surface area contributed by atoms with Crippen molar-refractivity contribution < 1.29 is 27.3 Å². The van der Waals surface area contributed by atoms with E-state index in [1.54, 1.807) is 0 Å². The molecule has 9 nitrogen and oxygen atoms in total. The fourth-order valence-electron chi connectivity index (χ4n) is 2.87. The Hall–Kier alpha value is -3.70. The van der Waals surface area contributed by atoms with Crippen LogP contribution in [0.3, 0.4) is 0 Å². The van der Waals surface area contributed by atoms with E-state index in [-0.39, 0.29) is 16.4 Å². The summed E-state index contributed by atoms with van der Waals surface area (Å²) in [6.07, 6.45) is 0. The predicted octanol–water partition coefficient (Wildman–Crippen LogP) is 4.23. The van der Waals surface area contributed by atoms with E-state index in [9.17, 15) is 27.7 Å². The monoisotopic (exact) mass is 493 g/mol. The number of hydrogen-bond donors (Lipinski definition) is 1. The first-order valence-corrected chi connectivity index (χ1v) is 11.1. The Balaban J connectivity index is 2.02. The Morgan fingerprint density at radius 2 is 1.82 bits per heavy atom. The summed E-state index contributed by atoms with van der Waals surface area (Å²) in [5, 5.41) is 13.3. The van der Waals surface area contributed by atoms with E-state index in [2.05, 4.69) is 5.32 Å². The van der Waals surface area contributed by atoms with Crippen molar-refractivity contribution in [3.05, 3.63) is 87.7 Å². The Morgan fingerprint density at radius 3 is 2.42 bits per heavy atom. The maximum absolute atomic E-state index is 13.9. The fourth-order valence-corrected chi connectivity index (χ4v) is 4.49. The highest BCUT2D eigenvalue weighted by Gasteiger charge is 2.30. The van der Waals surface area contributed by atoms with E-state index in [1.165, 1.54) is 49.6 Å². The molecule has 0 aromatic heterocycles. The SMILES string of the molecule is COc1ccc(N(CC(=O)Nc2ccccc2F)S(=O)(=O)c2ccc(Cl)c([N+](=O)[O-])c2)cc1. The van der Waals surface area contributed by atoms with Crippen molar-refractivity contribution in [3.63, 3.8) is 0 Å². The summed E-state index contributed by atoms with van der Waals surface area (Å²) in [6, 6.07) is 14.2. The number of halogens is 2. The summed E-state index contributed by atoms with van der Waals surface area (Å²) in [5.41, 5.74) is -0.656. The van der Waals surface area contributed by atoms with Gasteiger partial charge >= 0.3 is 0 Å². The van der Waals surface area contributed by atoms with E-state index >= 15 is 0 Å². The molecule has 0 fully saturated rings. The number of nitro groups is 1. The molecule has 0 heterocycles. The van der Waals surface area contributed by atoms with Crippen molar-refractivity contribution >= 4 is 44.6 Å². The average molecular weight is 494 g/mol. The molecule has 3 aromatic carbocycles. The average Bonchev–Trinajstić information content (AvgIpc) is 2.79. The molecule has 0 aliphatic carbocycles. The van der Waals surface area contributed by atoms with Gasteiger partial charge in [-0.15, -0.1) is 0 Å². The number of ether oxygens (including phenoxy) is 1. The minimum atomic E-state index is -4.47. The van der Waals surface area contributed by atoms with Crippen LogP contribution >= 0.6 is 11.6 Å². The summed E-state index contributed by atoms with van der Waals surface area (Å²) in [5.74, 6) is -1.09. The summed E-state index contributed by atoms with van der Waals surface area (Å²) in [7, 11) is -3.04. The zero-order valence-electron chi connectivity index (χ0n) is 17.1. The van der Waals surface area contributed by atoms with Gasteiger partial charge in [0.1, 0.15) is 23.1 Å². The number of carbonyl (C=O) groups excluding carboxylic acids is 1. The number of hydrogen-bond acceptors (Lipinski definition) is 6. The van der Waals surface area contributed by atoms with Crippen LogP contribution in [0.5, 0.6) is 5.75 Å². The Bertz CT molecular complexity index is 1300. The highest BCUT2D eigenvalue weighted by Crippen LogP contribution is 2.31. The van der Waals surface area contributed by atoms with Crippen molar-refractivity contribution in [2.75, 3.05) is 23.3 Å². The highest BCUT2D eigenvalue weighted by molar-refractivity contribution is 7.92. The van der Waals surface area contributed by atoms with Crippen molar-refractivity contribution in [1.82, 2.24) is 0 Å². The molecule has 0 saturated heterocycles. The lowest BCUT2D eigenvalue weighted by molar-refractivity contribution is -0.384. The molecule has 0 saturated carbocycles. The van der Waals surface area contributed by atoms with Gasteiger partial charge in [-0.2, -0.15) is 0 Å². The third-order valence-corrected chi connectivity index (χ3v) is 6.59. The molecule has 0 unspecified atom stereocenters. The number of anilines is 2. The van der Waals surface area contributed by atoms with Crippen LogP contribution in [0.1, 0.15) is 0 Å². The van der Waals surface area contributed by atoms with Crippen LogP contribution in [-0.4, -0.2) is 32.9 Å². The first-order valence-electron chi connectivity index (χ1n) is 9.28. The van der Waals surface area contributed by atoms with E-state index in [0.717, 1.165) is 28.6 Å². The van der Waals surface area contributed by atoms with Crippen LogP contribution in [0.4, 0.5) is 21.5 Å². The van der Waals surface area contributed by atoms with Gasteiger partial charge in [-0.3, -0.25) is 19.2 Å². The lowest BCUT2D eigenvalue weighted by Crippen LogP contribution is -2.38. The van der Waals surface area contributed by atoms with Crippen LogP contribution in [0.15, 0.2) is 71.6 Å². The number of nitrogens with zero attached hydrogens (tertiary/aromatic N) is 2. The topological polar surface area (TPSA) is 119 Å². The first-order chi connectivity index (χ1) is 15.6. The van der Waals surface area contributed by atoms with Gasteiger partial charge in [0.2, 0.25) is 5.91 Å². The summed E-state index contributed by atoms with van der Waals surface area (Å²) in [6.45, 7) is -0.737. The van der Waals surface area contributed by atoms with Crippen LogP contribution < -0.4 is 14.4 Å². The van der Waals surface area contributed by atoms with Gasteiger partial charge in [-0.05, 0) is 48.5 Å². The lowest BCUT2D eigenvalue weighted by atomic mass is 10.3. The minimum absolute atomic E-state index is 0.0806. The zero-order chi connectivity index (χ0) is 24.2. The van der Waals surface area contributed by atoms with Crippen molar-refractivity contribution in [3.8, 4) is 5.75 Å². The first kappa shape index (κ1) is 24.0. The number of nitrogens with one attached hydrogen (secondary N) is 1. The van der Waals surface area contributed by atoms with E-state index < -0.39 is 43.8 Å². The second-order valence-electron chi connectivity index (χ2n) is 6.61. The van der Waals surface area contributed by atoms with Gasteiger partial charge in [-0.25, -0.2) is 12.8 Å². The molecule has 3 aromatic rings. The third kappa shape index (κ3) is 5.38. The molecule has 0 atom stereocenters. The lowest BCUT2D eigenvalue weighted by Gasteiger charge is -2.24. The maximum atomic E-state index is 13.9. The van der Waals surface area contributed by atoms with Gasteiger partial charge in [0.05, 0.1) is 28.3 Å². The van der Waals surface area contributed by atoms with Crippen LogP contribution in [0.2, 0.25) is 5.02 Å². The molecule has 33 heavy (non-hydrogen) atoms. The van der Waals surface area contributed by atoms with Gasteiger partial charge in [0.25, 0.3) is 15.7 Å². The molecule has 1 N–H and O–H groups in total. The largest absolute Gasteiger partial charge is 0.497 e. The quantitative estimate of drug-likeness (QED) is 0.370. The van der Waals surface area contributed by atoms with E-state index in [4.69, 9.17) is 16.3 Å². The number of benzene rings is 3. The smallest absolute Gasteiger partial charge is 0.289 e. The number of rotatable bonds is 8. The second-order valence-corrected chi connectivity index (χ2v) is 8.88. The molecule has 172 valence electrons. The standard InChI is InChI=1S/C21H17ClFN3O6S/c1-32-15-8-6-14(7-9-15)25(13-21(27)24-19-5-3-2-4-18(19)23)33(30,31)16-10-11-17(22)20(12-16)26(28)29/h2-12H,13H2,1H3,(H,24,27). The number of carbonyl (C=O) groups is 1. The predicted molar refractivity (Wildman–Crippen MR) is 121 cm³/mol. The molecule has 12 heteroatoms. The molecule has 0 aliphatic heterocycles. The van der Waals surface area contributed by atoms with Gasteiger partial charge in [0, 0.05) is 6.07 Å². The van der Waals surface area contributed by atoms with Crippen LogP contribution in [0, 0.1) is 15.9 Å². The zero-order valence-corrected chi connectivity index (χ0v) is 18.6. The van der Waals surface area contributed by atoms with Crippen LogP contribution in [-0.2, 0) is 14.8 Å². The third-order valence-electron chi connectivity index (χ3n) is 4.50. The molecule has 0 aliphatic rings. The number of para-hydroxylation sites is 1. The van der Waals surface area contributed by atoms with Crippen molar-refractivity contribution in [1.29, 1.82) is 0 Å². The van der Waals surface area contributed by atoms with E-state index in [1.807, 2.05) is 0 Å². The Morgan fingerprint density at radius 1 is 1.15 bits per heavy atom. The number of amides is 1. The molecular weight excluding hydrogens is 477 g/mol. The fraction of sp³-hybridized carbons (Fsp3) is 0.0952. The molecule has 0 bridgehead atoms. The normalized spacial score (nSPS) is 11.0. The summed E-state index contributed by atoms with van der Waals surface area (Å²) < 4.78 is 46.5. The van der Waals surface area contributed by atoms with Gasteiger partial charge in [-0.1, -0.05) is 23.7 Å². The van der Waals surface area contributed by atoms with Crippen molar-refractivity contribution in [2.45, 2.75) is 4.90 Å². The molecule has 3 rings (SSSR count). The van der Waals surface area contributed by atoms with Crippen molar-refractivity contribution in [2.24, 2.45) is 0 Å². The molecule has 0 radical (unpaired) electrons. The van der Waals surface area contributed by atoms with Gasteiger partial charge in [0.15, 0.2) is 0 Å². The summed E-state index contributed by atoms with van der Waals surface area (Å²) in [4.78, 5) is 22.6. The van der Waals surface area contributed by atoms with Crippen LogP contribution in [0.25, 0.3) is 0 Å². The molecular formula is C21H17ClFN3O6S.